The van der Waals surface area contributed by atoms with Gasteiger partial charge in [-0.15, -0.1) is 0 Å². The van der Waals surface area contributed by atoms with Crippen molar-refractivity contribution in [3.8, 4) is 34.5 Å². The van der Waals surface area contributed by atoms with Gasteiger partial charge in [0.25, 0.3) is 0 Å². The van der Waals surface area contributed by atoms with Crippen molar-refractivity contribution in [2.24, 2.45) is 11.8 Å². The highest BCUT2D eigenvalue weighted by molar-refractivity contribution is 6.34. The molecule has 3 aliphatic carbocycles. The van der Waals surface area contributed by atoms with Gasteiger partial charge in [-0.1, -0.05) is 83.9 Å². The Labute approximate surface area is 354 Å². The van der Waals surface area contributed by atoms with Crippen LogP contribution in [0.4, 0.5) is 17.1 Å². The van der Waals surface area contributed by atoms with Gasteiger partial charge >= 0.3 is 0 Å². The zero-order valence-electron chi connectivity index (χ0n) is 35.6. The zero-order valence-corrected chi connectivity index (χ0v) is 35.6. The molecule has 312 valence electrons. The van der Waals surface area contributed by atoms with Crippen molar-refractivity contribution in [3.05, 3.63) is 124 Å². The van der Waals surface area contributed by atoms with Crippen molar-refractivity contribution in [1.29, 1.82) is 0 Å². The van der Waals surface area contributed by atoms with E-state index in [-0.39, 0.29) is 50.5 Å². The molecule has 0 unspecified atom stereocenters. The third kappa shape index (κ3) is 8.09. The molecule has 0 spiro atoms. The van der Waals surface area contributed by atoms with E-state index in [4.69, 9.17) is 15.2 Å². The Balaban J connectivity index is 1.13. The molecule has 5 aromatic rings. The number of fused-ring (bicyclic) bond motifs is 2. The zero-order chi connectivity index (χ0) is 42.3. The fourth-order valence-corrected chi connectivity index (χ4v) is 9.63. The second-order valence-corrected chi connectivity index (χ2v) is 18.3. The van der Waals surface area contributed by atoms with Crippen molar-refractivity contribution in [1.82, 2.24) is 0 Å². The summed E-state index contributed by atoms with van der Waals surface area (Å²) in [7, 11) is 0. The van der Waals surface area contributed by atoms with Crippen molar-refractivity contribution >= 4 is 28.6 Å². The van der Waals surface area contributed by atoms with Gasteiger partial charge in [0.2, 0.25) is 11.6 Å². The monoisotopic (exact) mass is 806 g/mol. The molecule has 3 aliphatic rings. The van der Waals surface area contributed by atoms with E-state index in [9.17, 15) is 19.8 Å². The number of ketones is 2. The molecule has 2 fully saturated rings. The van der Waals surface area contributed by atoms with Gasteiger partial charge in [-0.3, -0.25) is 9.59 Å². The molecular weight excluding hydrogens is 749 g/mol. The summed E-state index contributed by atoms with van der Waals surface area (Å²) in [5.74, 6) is 1.07. The highest BCUT2D eigenvalue weighted by Crippen LogP contribution is 2.50. The van der Waals surface area contributed by atoms with Gasteiger partial charge in [-0.25, -0.2) is 0 Å². The van der Waals surface area contributed by atoms with Gasteiger partial charge in [0.1, 0.15) is 11.5 Å². The summed E-state index contributed by atoms with van der Waals surface area (Å²) in [6, 6.07) is 26.4. The van der Waals surface area contributed by atoms with Crippen LogP contribution in [0.1, 0.15) is 159 Å². The molecule has 0 amide bonds. The largest absolute Gasteiger partial charge is 0.504 e. The predicted molar refractivity (Wildman–Crippen MR) is 239 cm³/mol. The van der Waals surface area contributed by atoms with E-state index in [1.54, 1.807) is 0 Å². The Bertz CT molecular complexity index is 2380. The molecule has 5 aromatic carbocycles. The van der Waals surface area contributed by atoms with Crippen LogP contribution < -0.4 is 20.5 Å². The van der Waals surface area contributed by atoms with Gasteiger partial charge < -0.3 is 30.7 Å². The van der Waals surface area contributed by atoms with Crippen LogP contribution in [0.2, 0.25) is 0 Å². The molecule has 0 bridgehead atoms. The van der Waals surface area contributed by atoms with Crippen LogP contribution in [0.3, 0.4) is 0 Å². The lowest BCUT2D eigenvalue weighted by Crippen LogP contribution is -2.24. The van der Waals surface area contributed by atoms with E-state index in [0.29, 0.717) is 29.0 Å². The summed E-state index contributed by atoms with van der Waals surface area (Å²) in [6.07, 6.45) is 12.0. The Kier molecular flexibility index (Phi) is 11.4. The molecule has 8 heteroatoms. The lowest BCUT2D eigenvalue weighted by molar-refractivity contribution is 0.0974. The number of rotatable bonds is 10. The van der Waals surface area contributed by atoms with Crippen LogP contribution in [0.25, 0.3) is 0 Å². The third-order valence-electron chi connectivity index (χ3n) is 13.5. The summed E-state index contributed by atoms with van der Waals surface area (Å²) in [6.45, 7) is 10.9. The number of carbonyl (C=O) groups excluding carboxylic acids is 2. The van der Waals surface area contributed by atoms with Crippen molar-refractivity contribution in [2.75, 3.05) is 11.1 Å². The summed E-state index contributed by atoms with van der Waals surface area (Å²) >= 11 is 0. The minimum Gasteiger partial charge on any atom is -0.504 e. The van der Waals surface area contributed by atoms with E-state index in [2.05, 4.69) is 64.2 Å². The Hall–Kier alpha value is -5.76. The molecule has 0 radical (unpaired) electrons. The number of aromatic hydroxyl groups is 2. The molecule has 0 heterocycles. The van der Waals surface area contributed by atoms with E-state index in [0.717, 1.165) is 43.1 Å². The van der Waals surface area contributed by atoms with E-state index in [1.165, 1.54) is 61.8 Å². The fraction of sp³-hybridized carbons (Fsp3) is 0.385. The molecular formula is C52H58N2O6. The molecule has 2 saturated carbocycles. The SMILES string of the molecule is CCC1CCC(c2ccc(Oc3cc(N)c4c(c3O)C(=O)c3c(Nc5ccc(C(C)(C)C)cc5)cc(Oc5ccc(C6CCC(CC)CC6)cc5)c(O)c3C4=O)cc2)CC1. The molecule has 0 atom stereocenters. The summed E-state index contributed by atoms with van der Waals surface area (Å²) in [5.41, 5.74) is 10.0. The molecule has 0 saturated heterocycles. The second kappa shape index (κ2) is 16.7. The van der Waals surface area contributed by atoms with Crippen molar-refractivity contribution in [3.63, 3.8) is 0 Å². The minimum atomic E-state index is -0.715. The molecule has 8 nitrogen and oxygen atoms in total. The highest BCUT2D eigenvalue weighted by atomic mass is 16.5. The number of anilines is 3. The number of phenolic OH excluding ortho intramolecular Hbond substituents is 2. The molecule has 0 aliphatic heterocycles. The molecule has 5 N–H and O–H groups in total. The molecule has 0 aromatic heterocycles. The van der Waals surface area contributed by atoms with Gasteiger partial charge in [0.05, 0.1) is 27.9 Å². The number of ether oxygens (including phenoxy) is 2. The number of nitrogens with two attached hydrogens (primary N) is 1. The summed E-state index contributed by atoms with van der Waals surface area (Å²) < 4.78 is 12.5. The number of hydrogen-bond acceptors (Lipinski definition) is 8. The molecule has 8 rings (SSSR count). The lowest BCUT2D eigenvalue weighted by atomic mass is 9.78. The number of phenols is 2. The second-order valence-electron chi connectivity index (χ2n) is 18.3. The first-order valence-electron chi connectivity index (χ1n) is 21.9. The molecule has 60 heavy (non-hydrogen) atoms. The summed E-state index contributed by atoms with van der Waals surface area (Å²) in [5, 5.41) is 26.9. The van der Waals surface area contributed by atoms with Gasteiger partial charge in [0.15, 0.2) is 23.0 Å². The standard InChI is InChI=1S/C52H58N2O6/c1-6-30-8-12-32(13-9-30)34-16-24-38(25-17-34)59-42-28-40(53)44-46(48(42)55)51(58)45-41(54-37-22-20-36(21-23-37)52(3,4)5)29-43(49(56)47(45)50(44)57)60-39-26-18-35(19-27-39)33-14-10-31(7-2)11-15-33/h16-33,54-56H,6-15,53H2,1-5H3. The minimum absolute atomic E-state index is 0.00651. The van der Waals surface area contributed by atoms with Crippen LogP contribution >= 0.6 is 0 Å². The normalized spacial score (nSPS) is 20.3. The Morgan fingerprint density at radius 3 is 1.48 bits per heavy atom. The van der Waals surface area contributed by atoms with Crippen LogP contribution in [0.15, 0.2) is 84.9 Å². The topological polar surface area (TPSA) is 131 Å². The number of nitrogens with one attached hydrogen (secondary N) is 1. The van der Waals surface area contributed by atoms with Crippen LogP contribution in [-0.2, 0) is 5.41 Å². The van der Waals surface area contributed by atoms with Crippen LogP contribution in [0.5, 0.6) is 34.5 Å². The van der Waals surface area contributed by atoms with Crippen molar-refractivity contribution < 1.29 is 29.3 Å². The number of carbonyl (C=O) groups is 2. The van der Waals surface area contributed by atoms with Gasteiger partial charge in [-0.05, 0) is 134 Å². The maximum Gasteiger partial charge on any atom is 0.200 e. The maximum absolute atomic E-state index is 14.7. The van der Waals surface area contributed by atoms with E-state index in [1.807, 2.05) is 48.5 Å². The lowest BCUT2D eigenvalue weighted by Gasteiger charge is -2.28. The number of hydrogen-bond donors (Lipinski definition) is 4. The first-order chi connectivity index (χ1) is 28.8. The maximum atomic E-state index is 14.7. The number of nitrogen functional groups attached to an aromatic ring is 1. The Morgan fingerprint density at radius 1 is 0.600 bits per heavy atom. The van der Waals surface area contributed by atoms with Crippen LogP contribution in [0, 0.1) is 11.8 Å². The Morgan fingerprint density at radius 2 is 1.03 bits per heavy atom. The van der Waals surface area contributed by atoms with E-state index >= 15 is 0 Å². The van der Waals surface area contributed by atoms with E-state index < -0.39 is 23.1 Å². The first-order valence-corrected chi connectivity index (χ1v) is 21.9. The fourth-order valence-electron chi connectivity index (χ4n) is 9.63. The third-order valence-corrected chi connectivity index (χ3v) is 13.5. The average Bonchev–Trinajstić information content (AvgIpc) is 3.25. The van der Waals surface area contributed by atoms with Gasteiger partial charge in [0, 0.05) is 23.5 Å². The van der Waals surface area contributed by atoms with Gasteiger partial charge in [-0.2, -0.15) is 0 Å². The quantitative estimate of drug-likeness (QED) is 0.0795. The first kappa shape index (κ1) is 41.0. The number of benzene rings is 5. The highest BCUT2D eigenvalue weighted by Gasteiger charge is 2.41. The predicted octanol–water partition coefficient (Wildman–Crippen LogP) is 13.4. The van der Waals surface area contributed by atoms with Crippen LogP contribution in [-0.4, -0.2) is 21.8 Å². The summed E-state index contributed by atoms with van der Waals surface area (Å²) in [4.78, 5) is 29.3. The smallest absolute Gasteiger partial charge is 0.200 e. The average molecular weight is 807 g/mol. The van der Waals surface area contributed by atoms with Crippen molar-refractivity contribution in [2.45, 2.75) is 116 Å².